The summed E-state index contributed by atoms with van der Waals surface area (Å²) in [5.41, 5.74) is 1.08. The number of ether oxygens (including phenoxy) is 1. The molecule has 3 heterocycles. The predicted octanol–water partition coefficient (Wildman–Crippen LogP) is 0.517. The topological polar surface area (TPSA) is 46.2 Å². The van der Waals surface area contributed by atoms with Crippen molar-refractivity contribution >= 4 is 0 Å². The van der Waals surface area contributed by atoms with Gasteiger partial charge in [0.05, 0.1) is 12.2 Å². The Morgan fingerprint density at radius 2 is 2.29 bits per heavy atom. The molecule has 2 N–H and O–H groups in total. The Kier molecular flexibility index (Phi) is 3.09. The second-order valence-corrected chi connectivity index (χ2v) is 4.85. The van der Waals surface area contributed by atoms with Crippen LogP contribution in [0.2, 0.25) is 0 Å². The Bertz CT molecular complexity index is 354. The van der Waals surface area contributed by atoms with Crippen molar-refractivity contribution in [3.63, 3.8) is 0 Å². The van der Waals surface area contributed by atoms with E-state index in [0.717, 1.165) is 44.9 Å². The van der Waals surface area contributed by atoms with Crippen molar-refractivity contribution in [1.29, 1.82) is 0 Å². The SMILES string of the molecule is c1ccc(C2CNCCC23CNCCO3)nc1. The first kappa shape index (κ1) is 11.1. The van der Waals surface area contributed by atoms with Crippen molar-refractivity contribution < 1.29 is 4.74 Å². The lowest BCUT2D eigenvalue weighted by Gasteiger charge is -2.46. The molecule has 3 rings (SSSR count). The lowest BCUT2D eigenvalue weighted by molar-refractivity contribution is -0.0979. The van der Waals surface area contributed by atoms with Crippen LogP contribution in [0.1, 0.15) is 18.0 Å². The van der Waals surface area contributed by atoms with Gasteiger partial charge in [0.1, 0.15) is 0 Å². The predicted molar refractivity (Wildman–Crippen MR) is 66.0 cm³/mol. The van der Waals surface area contributed by atoms with Crippen molar-refractivity contribution in [3.8, 4) is 0 Å². The van der Waals surface area contributed by atoms with E-state index in [-0.39, 0.29) is 5.60 Å². The summed E-state index contributed by atoms with van der Waals surface area (Å²) in [5.74, 6) is 0.352. The number of nitrogens with one attached hydrogen (secondary N) is 2. The average molecular weight is 233 g/mol. The minimum atomic E-state index is -0.0577. The number of aromatic nitrogens is 1. The number of nitrogens with zero attached hydrogens (tertiary/aromatic N) is 1. The average Bonchev–Trinajstić information content (AvgIpc) is 2.41. The smallest absolute Gasteiger partial charge is 0.0914 e. The third-order valence-corrected chi connectivity index (χ3v) is 3.85. The van der Waals surface area contributed by atoms with Gasteiger partial charge in [-0.1, -0.05) is 6.07 Å². The van der Waals surface area contributed by atoms with E-state index in [1.165, 1.54) is 0 Å². The summed E-state index contributed by atoms with van der Waals surface area (Å²) >= 11 is 0. The maximum absolute atomic E-state index is 6.13. The Morgan fingerprint density at radius 1 is 1.29 bits per heavy atom. The molecule has 1 spiro atoms. The van der Waals surface area contributed by atoms with Gasteiger partial charge in [-0.15, -0.1) is 0 Å². The molecule has 0 saturated carbocycles. The normalized spacial score (nSPS) is 33.8. The Morgan fingerprint density at radius 3 is 3.06 bits per heavy atom. The number of rotatable bonds is 1. The highest BCUT2D eigenvalue weighted by atomic mass is 16.5. The first-order chi connectivity index (χ1) is 8.41. The quantitative estimate of drug-likeness (QED) is 0.742. The minimum absolute atomic E-state index is 0.0577. The first-order valence-corrected chi connectivity index (χ1v) is 6.37. The molecule has 0 aromatic carbocycles. The lowest BCUT2D eigenvalue weighted by Crippen LogP contribution is -2.59. The molecule has 2 aliphatic rings. The fraction of sp³-hybridized carbons (Fsp3) is 0.615. The Labute approximate surface area is 102 Å². The standard InChI is InChI=1S/C13H19N3O/c1-2-5-16-12(3-1)11-9-14-6-4-13(11)10-15-7-8-17-13/h1-3,5,11,14-15H,4,6-10H2. The second-order valence-electron chi connectivity index (χ2n) is 4.85. The highest BCUT2D eigenvalue weighted by molar-refractivity contribution is 5.18. The molecule has 2 saturated heterocycles. The lowest BCUT2D eigenvalue weighted by atomic mass is 9.78. The maximum atomic E-state index is 6.13. The highest BCUT2D eigenvalue weighted by Gasteiger charge is 2.44. The van der Waals surface area contributed by atoms with Crippen molar-refractivity contribution in [3.05, 3.63) is 30.1 Å². The molecule has 1 aromatic heterocycles. The number of hydrogen-bond donors (Lipinski definition) is 2. The number of hydrogen-bond acceptors (Lipinski definition) is 4. The van der Waals surface area contributed by atoms with E-state index >= 15 is 0 Å². The van der Waals surface area contributed by atoms with Crippen LogP contribution in [-0.4, -0.2) is 43.4 Å². The summed E-state index contributed by atoms with van der Waals surface area (Å²) in [6, 6.07) is 6.13. The molecular weight excluding hydrogens is 214 g/mol. The van der Waals surface area contributed by atoms with Crippen LogP contribution in [0.15, 0.2) is 24.4 Å². The van der Waals surface area contributed by atoms with Gasteiger partial charge in [0.15, 0.2) is 0 Å². The zero-order valence-corrected chi connectivity index (χ0v) is 9.98. The molecule has 0 bridgehead atoms. The van der Waals surface area contributed by atoms with Gasteiger partial charge in [0.2, 0.25) is 0 Å². The molecule has 2 atom stereocenters. The largest absolute Gasteiger partial charge is 0.372 e. The molecule has 4 heteroatoms. The van der Waals surface area contributed by atoms with E-state index in [1.807, 2.05) is 12.3 Å². The molecule has 0 amide bonds. The van der Waals surface area contributed by atoms with Crippen molar-refractivity contribution in [2.45, 2.75) is 17.9 Å². The van der Waals surface area contributed by atoms with Gasteiger partial charge in [-0.3, -0.25) is 4.98 Å². The van der Waals surface area contributed by atoms with E-state index in [9.17, 15) is 0 Å². The van der Waals surface area contributed by atoms with Crippen LogP contribution in [0.25, 0.3) is 0 Å². The molecule has 2 aliphatic heterocycles. The third kappa shape index (κ3) is 2.08. The van der Waals surface area contributed by atoms with Gasteiger partial charge in [-0.2, -0.15) is 0 Å². The molecule has 1 aromatic rings. The van der Waals surface area contributed by atoms with Gasteiger partial charge in [0, 0.05) is 37.4 Å². The van der Waals surface area contributed by atoms with Crippen LogP contribution in [-0.2, 0) is 4.74 Å². The van der Waals surface area contributed by atoms with Crippen LogP contribution in [0, 0.1) is 0 Å². The molecule has 0 aliphatic carbocycles. The van der Waals surface area contributed by atoms with E-state index in [4.69, 9.17) is 4.74 Å². The number of morpholine rings is 1. The minimum Gasteiger partial charge on any atom is -0.372 e. The Hall–Kier alpha value is -0.970. The maximum Gasteiger partial charge on any atom is 0.0914 e. The zero-order chi connectivity index (χ0) is 11.6. The van der Waals surface area contributed by atoms with E-state index in [0.29, 0.717) is 5.92 Å². The summed E-state index contributed by atoms with van der Waals surface area (Å²) in [4.78, 5) is 4.50. The van der Waals surface area contributed by atoms with Gasteiger partial charge < -0.3 is 15.4 Å². The molecule has 2 unspecified atom stereocenters. The molecule has 92 valence electrons. The Balaban J connectivity index is 1.89. The summed E-state index contributed by atoms with van der Waals surface area (Å²) in [5, 5.41) is 6.92. The summed E-state index contributed by atoms with van der Waals surface area (Å²) in [7, 11) is 0. The summed E-state index contributed by atoms with van der Waals surface area (Å²) in [6.07, 6.45) is 2.93. The summed E-state index contributed by atoms with van der Waals surface area (Å²) in [6.45, 7) is 4.70. The fourth-order valence-corrected chi connectivity index (χ4v) is 2.92. The third-order valence-electron chi connectivity index (χ3n) is 3.85. The first-order valence-electron chi connectivity index (χ1n) is 6.37. The molecule has 17 heavy (non-hydrogen) atoms. The van der Waals surface area contributed by atoms with Crippen molar-refractivity contribution in [2.24, 2.45) is 0 Å². The number of piperidine rings is 1. The van der Waals surface area contributed by atoms with E-state index in [1.54, 1.807) is 0 Å². The second kappa shape index (κ2) is 4.72. The van der Waals surface area contributed by atoms with Crippen molar-refractivity contribution in [2.75, 3.05) is 32.8 Å². The summed E-state index contributed by atoms with van der Waals surface area (Å²) < 4.78 is 6.13. The van der Waals surface area contributed by atoms with Gasteiger partial charge in [-0.25, -0.2) is 0 Å². The van der Waals surface area contributed by atoms with Crippen LogP contribution in [0.3, 0.4) is 0 Å². The van der Waals surface area contributed by atoms with Crippen molar-refractivity contribution in [1.82, 2.24) is 15.6 Å². The van der Waals surface area contributed by atoms with Gasteiger partial charge in [-0.05, 0) is 25.1 Å². The van der Waals surface area contributed by atoms with Gasteiger partial charge in [0.25, 0.3) is 0 Å². The highest BCUT2D eigenvalue weighted by Crippen LogP contribution is 2.36. The fourth-order valence-electron chi connectivity index (χ4n) is 2.92. The van der Waals surface area contributed by atoms with Crippen LogP contribution >= 0.6 is 0 Å². The van der Waals surface area contributed by atoms with Crippen LogP contribution in [0.4, 0.5) is 0 Å². The monoisotopic (exact) mass is 233 g/mol. The van der Waals surface area contributed by atoms with E-state index in [2.05, 4.69) is 27.8 Å². The van der Waals surface area contributed by atoms with Gasteiger partial charge >= 0.3 is 0 Å². The molecular formula is C13H19N3O. The van der Waals surface area contributed by atoms with E-state index < -0.39 is 0 Å². The number of pyridine rings is 1. The molecule has 0 radical (unpaired) electrons. The van der Waals surface area contributed by atoms with Crippen LogP contribution < -0.4 is 10.6 Å². The molecule has 4 nitrogen and oxygen atoms in total. The van der Waals surface area contributed by atoms with Crippen LogP contribution in [0.5, 0.6) is 0 Å². The molecule has 2 fully saturated rings. The zero-order valence-electron chi connectivity index (χ0n) is 9.98.